The summed E-state index contributed by atoms with van der Waals surface area (Å²) in [4.78, 5) is 13.9. The number of amides is 1. The molecule has 1 heterocycles. The molecular weight excluding hydrogens is 286 g/mol. The van der Waals surface area contributed by atoms with Crippen LogP contribution in [0.4, 0.5) is 4.79 Å². The van der Waals surface area contributed by atoms with E-state index in [9.17, 15) is 4.79 Å². The first-order valence-corrected chi connectivity index (χ1v) is 8.04. The number of benzene rings is 1. The summed E-state index contributed by atoms with van der Waals surface area (Å²) in [5.74, 6) is 0.781. The Balaban J connectivity index is 1.97. The maximum atomic E-state index is 12.1. The van der Waals surface area contributed by atoms with Crippen molar-refractivity contribution in [3.05, 3.63) is 34.3 Å². The first-order chi connectivity index (χ1) is 9.96. The second-order valence-corrected chi connectivity index (χ2v) is 7.04. The summed E-state index contributed by atoms with van der Waals surface area (Å²) in [7, 11) is 0. The Morgan fingerprint density at radius 3 is 3.00 bits per heavy atom. The molecule has 0 bridgehead atoms. The van der Waals surface area contributed by atoms with Gasteiger partial charge in [0.2, 0.25) is 0 Å². The van der Waals surface area contributed by atoms with Crippen LogP contribution in [0.2, 0.25) is 5.02 Å². The lowest BCUT2D eigenvalue weighted by Crippen LogP contribution is -2.33. The fraction of sp³-hybridized carbons (Fsp3) is 0.588. The molecule has 1 aliphatic heterocycles. The molecule has 3 atom stereocenters. The Bertz CT molecular complexity index is 574. The van der Waals surface area contributed by atoms with Crippen LogP contribution >= 0.6 is 11.6 Å². The fourth-order valence-electron chi connectivity index (χ4n) is 4.26. The standard InChI is InChI=1S/C17H22ClNO2/c1-4-21-16(20)19-9-13-12-6-5-7-14(18)15(12)11(2)8-17(13,3)10-19/h5-7,11,13H,4,8-10H2,1-3H3/t11-,13?,17?/m0/s1. The monoisotopic (exact) mass is 307 g/mol. The lowest BCUT2D eigenvalue weighted by Gasteiger charge is -2.40. The van der Waals surface area contributed by atoms with Gasteiger partial charge >= 0.3 is 6.09 Å². The van der Waals surface area contributed by atoms with Gasteiger partial charge in [-0.2, -0.15) is 0 Å². The van der Waals surface area contributed by atoms with Crippen molar-refractivity contribution in [2.75, 3.05) is 19.7 Å². The molecular formula is C17H22ClNO2. The molecule has 114 valence electrons. The maximum absolute atomic E-state index is 12.1. The summed E-state index contributed by atoms with van der Waals surface area (Å²) in [6.07, 6.45) is 0.869. The van der Waals surface area contributed by atoms with E-state index in [0.717, 1.165) is 24.5 Å². The normalized spacial score (nSPS) is 30.8. The average molecular weight is 308 g/mol. The summed E-state index contributed by atoms with van der Waals surface area (Å²) in [5.41, 5.74) is 2.70. The van der Waals surface area contributed by atoms with Gasteiger partial charge in [-0.25, -0.2) is 4.79 Å². The number of carbonyl (C=O) groups excluding carboxylic acids is 1. The highest BCUT2D eigenvalue weighted by Crippen LogP contribution is 2.55. The minimum Gasteiger partial charge on any atom is -0.450 e. The van der Waals surface area contributed by atoms with E-state index in [2.05, 4.69) is 19.9 Å². The first-order valence-electron chi connectivity index (χ1n) is 7.66. The lowest BCUT2D eigenvalue weighted by molar-refractivity contribution is 0.110. The zero-order valence-electron chi connectivity index (χ0n) is 12.9. The molecule has 1 saturated heterocycles. The molecule has 0 spiro atoms. The fourth-order valence-corrected chi connectivity index (χ4v) is 4.63. The van der Waals surface area contributed by atoms with Crippen LogP contribution in [0.3, 0.4) is 0 Å². The summed E-state index contributed by atoms with van der Waals surface area (Å²) in [6, 6.07) is 6.17. The summed E-state index contributed by atoms with van der Waals surface area (Å²) < 4.78 is 5.18. The van der Waals surface area contributed by atoms with Crippen LogP contribution in [0.5, 0.6) is 0 Å². The van der Waals surface area contributed by atoms with Crippen molar-refractivity contribution in [3.8, 4) is 0 Å². The molecule has 2 aliphatic rings. The first kappa shape index (κ1) is 14.7. The molecule has 0 N–H and O–H groups in total. The topological polar surface area (TPSA) is 29.5 Å². The minimum absolute atomic E-state index is 0.115. The number of ether oxygens (including phenoxy) is 1. The number of hydrogen-bond donors (Lipinski definition) is 0. The van der Waals surface area contributed by atoms with Crippen molar-refractivity contribution >= 4 is 17.7 Å². The zero-order valence-corrected chi connectivity index (χ0v) is 13.6. The summed E-state index contributed by atoms with van der Waals surface area (Å²) in [6.45, 7) is 8.30. The quantitative estimate of drug-likeness (QED) is 0.769. The second kappa shape index (κ2) is 5.20. The molecule has 2 unspecified atom stereocenters. The Hall–Kier alpha value is -1.22. The van der Waals surface area contributed by atoms with Gasteiger partial charge in [0.15, 0.2) is 0 Å². The molecule has 1 aromatic rings. The summed E-state index contributed by atoms with van der Waals surface area (Å²) >= 11 is 6.42. The van der Waals surface area contributed by atoms with Crippen molar-refractivity contribution < 1.29 is 9.53 Å². The molecule has 21 heavy (non-hydrogen) atoms. The van der Waals surface area contributed by atoms with Gasteiger partial charge < -0.3 is 9.64 Å². The van der Waals surface area contributed by atoms with Crippen molar-refractivity contribution in [3.63, 3.8) is 0 Å². The average Bonchev–Trinajstić information content (AvgIpc) is 2.76. The van der Waals surface area contributed by atoms with Crippen LogP contribution < -0.4 is 0 Å². The van der Waals surface area contributed by atoms with Crippen molar-refractivity contribution in [2.45, 2.75) is 39.0 Å². The van der Waals surface area contributed by atoms with Gasteiger partial charge in [0.05, 0.1) is 6.61 Å². The third-order valence-corrected chi connectivity index (χ3v) is 5.38. The van der Waals surface area contributed by atoms with Crippen molar-refractivity contribution in [1.29, 1.82) is 0 Å². The van der Waals surface area contributed by atoms with E-state index >= 15 is 0 Å². The van der Waals surface area contributed by atoms with Gasteiger partial charge in [-0.3, -0.25) is 0 Å². The van der Waals surface area contributed by atoms with Gasteiger partial charge in [-0.05, 0) is 41.9 Å². The number of fused-ring (bicyclic) bond motifs is 3. The van der Waals surface area contributed by atoms with E-state index in [1.165, 1.54) is 11.1 Å². The zero-order chi connectivity index (χ0) is 15.2. The molecule has 3 rings (SSSR count). The Morgan fingerprint density at radius 2 is 2.29 bits per heavy atom. The lowest BCUT2D eigenvalue weighted by atomic mass is 9.63. The van der Waals surface area contributed by atoms with Gasteiger partial charge in [-0.15, -0.1) is 0 Å². The molecule has 1 aromatic carbocycles. The highest BCUT2D eigenvalue weighted by atomic mass is 35.5. The van der Waals surface area contributed by atoms with E-state index in [-0.39, 0.29) is 11.5 Å². The van der Waals surface area contributed by atoms with E-state index < -0.39 is 0 Å². The molecule has 3 nitrogen and oxygen atoms in total. The maximum Gasteiger partial charge on any atom is 0.409 e. The van der Waals surface area contributed by atoms with E-state index in [1.54, 1.807) is 0 Å². The van der Waals surface area contributed by atoms with Crippen molar-refractivity contribution in [1.82, 2.24) is 4.90 Å². The Morgan fingerprint density at radius 1 is 1.52 bits per heavy atom. The highest BCUT2D eigenvalue weighted by molar-refractivity contribution is 6.31. The van der Waals surface area contributed by atoms with Gasteiger partial charge in [-0.1, -0.05) is 37.6 Å². The van der Waals surface area contributed by atoms with Crippen LogP contribution in [-0.2, 0) is 4.74 Å². The third kappa shape index (κ3) is 2.32. The molecule has 0 saturated carbocycles. The van der Waals surface area contributed by atoms with E-state index in [1.807, 2.05) is 24.0 Å². The number of hydrogen-bond acceptors (Lipinski definition) is 2. The predicted molar refractivity (Wildman–Crippen MR) is 83.9 cm³/mol. The largest absolute Gasteiger partial charge is 0.450 e. The third-order valence-electron chi connectivity index (χ3n) is 5.05. The molecule has 0 radical (unpaired) electrons. The highest BCUT2D eigenvalue weighted by Gasteiger charge is 2.50. The predicted octanol–water partition coefficient (Wildman–Crippen LogP) is 4.41. The second-order valence-electron chi connectivity index (χ2n) is 6.63. The molecule has 4 heteroatoms. The smallest absolute Gasteiger partial charge is 0.409 e. The van der Waals surface area contributed by atoms with E-state index in [0.29, 0.717) is 18.4 Å². The molecule has 0 aromatic heterocycles. The number of rotatable bonds is 1. The van der Waals surface area contributed by atoms with Gasteiger partial charge in [0.1, 0.15) is 0 Å². The number of halogens is 1. The summed E-state index contributed by atoms with van der Waals surface area (Å²) in [5, 5.41) is 0.858. The van der Waals surface area contributed by atoms with Gasteiger partial charge in [0, 0.05) is 24.0 Å². The molecule has 1 fully saturated rings. The number of carbonyl (C=O) groups is 1. The van der Waals surface area contributed by atoms with E-state index in [4.69, 9.17) is 16.3 Å². The van der Waals surface area contributed by atoms with Crippen molar-refractivity contribution in [2.24, 2.45) is 5.41 Å². The van der Waals surface area contributed by atoms with Gasteiger partial charge in [0.25, 0.3) is 0 Å². The van der Waals surface area contributed by atoms with Crippen LogP contribution in [0.25, 0.3) is 0 Å². The van der Waals surface area contributed by atoms with Crippen LogP contribution in [0.1, 0.15) is 50.2 Å². The number of likely N-dealkylation sites (tertiary alicyclic amines) is 1. The Labute approximate surface area is 131 Å². The number of nitrogens with zero attached hydrogens (tertiary/aromatic N) is 1. The SMILES string of the molecule is CCOC(=O)N1CC2c3cccc(Cl)c3[C@@H](C)CC2(C)C1. The van der Waals surface area contributed by atoms with Crippen LogP contribution in [-0.4, -0.2) is 30.7 Å². The van der Waals surface area contributed by atoms with Crippen LogP contribution in [0.15, 0.2) is 18.2 Å². The molecule has 1 amide bonds. The van der Waals surface area contributed by atoms with Crippen LogP contribution in [0, 0.1) is 5.41 Å². The minimum atomic E-state index is -0.190. The Kier molecular flexibility index (Phi) is 3.64. The molecule has 1 aliphatic carbocycles.